The molecule has 0 bridgehead atoms. The van der Waals surface area contributed by atoms with Crippen molar-refractivity contribution >= 4 is 0 Å². The predicted molar refractivity (Wildman–Crippen MR) is 98.8 cm³/mol. The van der Waals surface area contributed by atoms with Gasteiger partial charge < -0.3 is 10.1 Å². The normalized spacial score (nSPS) is 25.4. The molecule has 1 N–H and O–H groups in total. The Balaban J connectivity index is 1.78. The number of piperidine rings is 1. The number of rotatable bonds is 3. The molecule has 0 amide bonds. The van der Waals surface area contributed by atoms with Crippen LogP contribution >= 0.6 is 0 Å². The fraction of sp³-hybridized carbons (Fsp3) is 0.455. The van der Waals surface area contributed by atoms with Crippen LogP contribution in [-0.2, 0) is 0 Å². The van der Waals surface area contributed by atoms with E-state index in [1.807, 2.05) is 0 Å². The first-order valence-electron chi connectivity index (χ1n) is 9.20. The van der Waals surface area contributed by atoms with Crippen molar-refractivity contribution in [1.29, 1.82) is 0 Å². The molecule has 3 atom stereocenters. The second-order valence-electron chi connectivity index (χ2n) is 7.53. The van der Waals surface area contributed by atoms with Crippen molar-refractivity contribution in [3.05, 3.63) is 64.7 Å². The summed E-state index contributed by atoms with van der Waals surface area (Å²) in [5.74, 6) is 2.69. The van der Waals surface area contributed by atoms with Gasteiger partial charge in [0.1, 0.15) is 5.75 Å². The molecule has 2 aromatic carbocycles. The van der Waals surface area contributed by atoms with Gasteiger partial charge in [-0.25, -0.2) is 0 Å². The highest BCUT2D eigenvalue weighted by atomic mass is 16.5. The minimum atomic E-state index is 0.481. The molecule has 0 saturated carbocycles. The van der Waals surface area contributed by atoms with E-state index < -0.39 is 0 Å². The Bertz CT molecular complexity index is 719. The van der Waals surface area contributed by atoms with Gasteiger partial charge in [0.2, 0.25) is 0 Å². The van der Waals surface area contributed by atoms with Crippen molar-refractivity contribution in [2.24, 2.45) is 5.92 Å². The zero-order valence-corrected chi connectivity index (χ0v) is 14.9. The van der Waals surface area contributed by atoms with E-state index in [1.165, 1.54) is 35.1 Å². The van der Waals surface area contributed by atoms with Crippen LogP contribution in [0.5, 0.6) is 5.75 Å². The molecular weight excluding hydrogens is 294 g/mol. The Kier molecular flexibility index (Phi) is 4.09. The molecule has 4 rings (SSSR count). The van der Waals surface area contributed by atoms with Crippen molar-refractivity contribution in [2.45, 2.75) is 44.6 Å². The highest BCUT2D eigenvalue weighted by molar-refractivity contribution is 5.50. The maximum absolute atomic E-state index is 5.51. The van der Waals surface area contributed by atoms with E-state index in [9.17, 15) is 0 Å². The lowest BCUT2D eigenvalue weighted by atomic mass is 9.80. The number of nitrogens with one attached hydrogen (secondary N) is 1. The van der Waals surface area contributed by atoms with E-state index in [-0.39, 0.29) is 0 Å². The second-order valence-corrected chi connectivity index (χ2v) is 7.53. The average molecular weight is 321 g/mol. The third-order valence-electron chi connectivity index (χ3n) is 5.86. The van der Waals surface area contributed by atoms with Gasteiger partial charge >= 0.3 is 0 Å². The maximum atomic E-state index is 5.51. The quantitative estimate of drug-likeness (QED) is 0.858. The van der Waals surface area contributed by atoms with Crippen LogP contribution in [0.3, 0.4) is 0 Å². The van der Waals surface area contributed by atoms with Gasteiger partial charge in [-0.2, -0.15) is 0 Å². The number of methoxy groups -OCH3 is 1. The Morgan fingerprint density at radius 3 is 2.54 bits per heavy atom. The monoisotopic (exact) mass is 321 g/mol. The molecule has 2 nitrogen and oxygen atoms in total. The summed E-state index contributed by atoms with van der Waals surface area (Å²) in [5.41, 5.74) is 5.79. The van der Waals surface area contributed by atoms with Gasteiger partial charge in [0.05, 0.1) is 7.11 Å². The molecule has 0 spiro atoms. The summed E-state index contributed by atoms with van der Waals surface area (Å²) in [7, 11) is 1.76. The first kappa shape index (κ1) is 15.7. The zero-order valence-electron chi connectivity index (χ0n) is 14.9. The number of fused-ring (bicyclic) bond motifs is 3. The summed E-state index contributed by atoms with van der Waals surface area (Å²) >= 11 is 0. The van der Waals surface area contributed by atoms with Crippen LogP contribution in [0, 0.1) is 5.92 Å². The van der Waals surface area contributed by atoms with E-state index in [1.54, 1.807) is 7.11 Å². The minimum absolute atomic E-state index is 0.481. The Labute approximate surface area is 145 Å². The molecule has 2 aromatic rings. The predicted octanol–water partition coefficient (Wildman–Crippen LogP) is 5.00. The van der Waals surface area contributed by atoms with Gasteiger partial charge in [-0.05, 0) is 65.6 Å². The lowest BCUT2D eigenvalue weighted by molar-refractivity contribution is 0.287. The Morgan fingerprint density at radius 1 is 1.04 bits per heavy atom. The van der Waals surface area contributed by atoms with E-state index in [4.69, 9.17) is 4.74 Å². The Hall–Kier alpha value is -1.80. The van der Waals surface area contributed by atoms with Crippen LogP contribution in [0.2, 0.25) is 0 Å². The lowest BCUT2D eigenvalue weighted by Gasteiger charge is -2.31. The third kappa shape index (κ3) is 2.53. The average Bonchev–Trinajstić information content (AvgIpc) is 2.95. The van der Waals surface area contributed by atoms with Gasteiger partial charge in [0.25, 0.3) is 0 Å². The van der Waals surface area contributed by atoms with Gasteiger partial charge in [0, 0.05) is 12.0 Å². The first-order valence-corrected chi connectivity index (χ1v) is 9.20. The van der Waals surface area contributed by atoms with Gasteiger partial charge in [-0.15, -0.1) is 0 Å². The van der Waals surface area contributed by atoms with Crippen LogP contribution < -0.4 is 10.1 Å². The molecule has 1 fully saturated rings. The van der Waals surface area contributed by atoms with Gasteiger partial charge in [0.15, 0.2) is 0 Å². The number of benzene rings is 2. The molecule has 126 valence electrons. The van der Waals surface area contributed by atoms with Crippen molar-refractivity contribution in [3.63, 3.8) is 0 Å². The molecule has 1 aliphatic carbocycles. The van der Waals surface area contributed by atoms with Gasteiger partial charge in [-0.3, -0.25) is 0 Å². The van der Waals surface area contributed by atoms with Crippen molar-refractivity contribution in [2.75, 3.05) is 13.7 Å². The minimum Gasteiger partial charge on any atom is -0.497 e. The topological polar surface area (TPSA) is 21.3 Å². The summed E-state index contributed by atoms with van der Waals surface area (Å²) < 4.78 is 5.51. The molecule has 0 radical (unpaired) electrons. The molecule has 2 heteroatoms. The van der Waals surface area contributed by atoms with E-state index in [0.29, 0.717) is 23.8 Å². The van der Waals surface area contributed by atoms with Crippen molar-refractivity contribution in [3.8, 4) is 5.75 Å². The van der Waals surface area contributed by atoms with E-state index in [0.717, 1.165) is 12.3 Å². The van der Waals surface area contributed by atoms with Crippen LogP contribution in [0.1, 0.15) is 66.8 Å². The summed E-state index contributed by atoms with van der Waals surface area (Å²) in [5, 5.41) is 3.76. The summed E-state index contributed by atoms with van der Waals surface area (Å²) in [6.07, 6.45) is 2.57. The number of ether oxygens (including phenoxy) is 1. The smallest absolute Gasteiger partial charge is 0.119 e. The van der Waals surface area contributed by atoms with Crippen molar-refractivity contribution in [1.82, 2.24) is 5.32 Å². The number of hydrogen-bond acceptors (Lipinski definition) is 2. The fourth-order valence-corrected chi connectivity index (χ4v) is 4.59. The van der Waals surface area contributed by atoms with Crippen LogP contribution in [-0.4, -0.2) is 13.7 Å². The lowest BCUT2D eigenvalue weighted by Crippen LogP contribution is -2.32. The first-order chi connectivity index (χ1) is 11.7. The maximum Gasteiger partial charge on any atom is 0.119 e. The molecule has 0 aromatic heterocycles. The third-order valence-corrected chi connectivity index (χ3v) is 5.86. The van der Waals surface area contributed by atoms with Crippen LogP contribution in [0.4, 0.5) is 0 Å². The molecule has 24 heavy (non-hydrogen) atoms. The van der Waals surface area contributed by atoms with Crippen molar-refractivity contribution < 1.29 is 4.74 Å². The summed E-state index contributed by atoms with van der Waals surface area (Å²) in [6, 6.07) is 16.4. The van der Waals surface area contributed by atoms with E-state index in [2.05, 4.69) is 61.6 Å². The highest BCUT2D eigenvalue weighted by Gasteiger charge is 2.42. The molecule has 2 aliphatic rings. The molecule has 3 unspecified atom stereocenters. The summed E-state index contributed by atoms with van der Waals surface area (Å²) in [4.78, 5) is 0. The SMILES string of the molecule is COc1ccc2c(c1)C(c1ccc(C(C)C)cc1)C1CCCNC21. The highest BCUT2D eigenvalue weighted by Crippen LogP contribution is 2.52. The molecule has 1 saturated heterocycles. The molecule has 1 heterocycles. The molecule has 1 aliphatic heterocycles. The zero-order chi connectivity index (χ0) is 16.7. The second kappa shape index (κ2) is 6.25. The number of hydrogen-bond donors (Lipinski definition) is 1. The fourth-order valence-electron chi connectivity index (χ4n) is 4.59. The Morgan fingerprint density at radius 2 is 1.83 bits per heavy atom. The van der Waals surface area contributed by atoms with E-state index >= 15 is 0 Å². The molecular formula is C22H27NO. The standard InChI is InChI=1S/C22H27NO/c1-14(2)15-6-8-16(9-7-15)21-19-5-4-12-23-22(19)18-11-10-17(24-3)13-20(18)21/h6-11,13-14,19,21-23H,4-5,12H2,1-3H3. The largest absolute Gasteiger partial charge is 0.497 e. The van der Waals surface area contributed by atoms with Gasteiger partial charge in [-0.1, -0.05) is 44.2 Å². The summed E-state index contributed by atoms with van der Waals surface area (Å²) in [6.45, 7) is 5.64. The van der Waals surface area contributed by atoms with Crippen LogP contribution in [0.25, 0.3) is 0 Å². The van der Waals surface area contributed by atoms with Crippen LogP contribution in [0.15, 0.2) is 42.5 Å².